The van der Waals surface area contributed by atoms with E-state index in [0.29, 0.717) is 13.0 Å². The fourth-order valence-corrected chi connectivity index (χ4v) is 2.71. The van der Waals surface area contributed by atoms with Crippen molar-refractivity contribution in [3.63, 3.8) is 0 Å². The van der Waals surface area contributed by atoms with Crippen molar-refractivity contribution in [3.8, 4) is 5.75 Å². The maximum atomic E-state index is 11.7. The molecule has 2 aromatic carbocycles. The lowest BCUT2D eigenvalue weighted by Gasteiger charge is -2.07. The smallest absolute Gasteiger partial charge is 0.229 e. The Labute approximate surface area is 133 Å². The summed E-state index contributed by atoms with van der Waals surface area (Å²) in [5.74, 6) is 1.43. The van der Waals surface area contributed by atoms with E-state index in [4.69, 9.17) is 4.74 Å². The molecule has 23 heavy (non-hydrogen) atoms. The second-order valence-corrected chi connectivity index (χ2v) is 5.44. The first-order chi connectivity index (χ1) is 11.3. The molecule has 114 valence electrons. The van der Waals surface area contributed by atoms with Crippen LogP contribution in [0.5, 0.6) is 5.75 Å². The molecule has 3 aromatic rings. The van der Waals surface area contributed by atoms with E-state index in [-0.39, 0.29) is 5.91 Å². The van der Waals surface area contributed by atoms with Crippen molar-refractivity contribution in [3.05, 3.63) is 59.7 Å². The quantitative estimate of drug-likeness (QED) is 0.781. The summed E-state index contributed by atoms with van der Waals surface area (Å²) in [4.78, 5) is 19.2. The first-order valence-corrected chi connectivity index (χ1v) is 7.43. The number of nitrogens with one attached hydrogen (secondary N) is 2. The minimum Gasteiger partial charge on any atom is -0.489 e. The predicted molar refractivity (Wildman–Crippen MR) is 89.1 cm³/mol. The summed E-state index contributed by atoms with van der Waals surface area (Å²) >= 11 is 0. The van der Waals surface area contributed by atoms with Crippen LogP contribution in [0.4, 0.5) is 5.82 Å². The minimum absolute atomic E-state index is 0.0657. The number of aromatic amines is 1. The van der Waals surface area contributed by atoms with Gasteiger partial charge in [-0.1, -0.05) is 30.3 Å². The first kappa shape index (κ1) is 13.6. The Morgan fingerprint density at radius 2 is 2.00 bits per heavy atom. The molecule has 1 aromatic heterocycles. The number of benzene rings is 2. The molecule has 1 aliphatic heterocycles. The van der Waals surface area contributed by atoms with Crippen LogP contribution < -0.4 is 10.1 Å². The van der Waals surface area contributed by atoms with Gasteiger partial charge >= 0.3 is 0 Å². The highest BCUT2D eigenvalue weighted by Gasteiger charge is 2.17. The van der Waals surface area contributed by atoms with Gasteiger partial charge in [0.05, 0.1) is 12.8 Å². The molecule has 0 saturated carbocycles. The monoisotopic (exact) mass is 305 g/mol. The molecule has 0 unspecified atom stereocenters. The number of rotatable bonds is 3. The third-order valence-corrected chi connectivity index (χ3v) is 3.86. The average Bonchev–Trinajstić information content (AvgIpc) is 2.79. The first-order valence-electron chi connectivity index (χ1n) is 7.43. The summed E-state index contributed by atoms with van der Waals surface area (Å²) in [5.41, 5.74) is 2.97. The SMILES string of the molecule is O=C1Cc2c([nH]c3ccc(OCc4ccccc4)cc23)N=CN1. The summed E-state index contributed by atoms with van der Waals surface area (Å²) in [6.45, 7) is 0.512. The fourth-order valence-electron chi connectivity index (χ4n) is 2.71. The second kappa shape index (κ2) is 5.61. The van der Waals surface area contributed by atoms with Gasteiger partial charge in [0.15, 0.2) is 0 Å². The molecule has 1 amide bonds. The van der Waals surface area contributed by atoms with E-state index in [2.05, 4.69) is 15.3 Å². The molecular formula is C18H15N3O2. The molecule has 1 aliphatic rings. The topological polar surface area (TPSA) is 66.5 Å². The maximum absolute atomic E-state index is 11.7. The highest BCUT2D eigenvalue weighted by molar-refractivity contribution is 5.99. The van der Waals surface area contributed by atoms with E-state index in [0.717, 1.165) is 33.6 Å². The number of nitrogens with zero attached hydrogens (tertiary/aromatic N) is 1. The zero-order valence-electron chi connectivity index (χ0n) is 12.4. The van der Waals surface area contributed by atoms with Crippen LogP contribution in [0.2, 0.25) is 0 Å². The molecule has 0 radical (unpaired) electrons. The van der Waals surface area contributed by atoms with Gasteiger partial charge in [-0.15, -0.1) is 0 Å². The molecule has 0 fully saturated rings. The van der Waals surface area contributed by atoms with Crippen molar-refractivity contribution >= 4 is 29.0 Å². The highest BCUT2D eigenvalue weighted by Crippen LogP contribution is 2.32. The average molecular weight is 305 g/mol. The second-order valence-electron chi connectivity index (χ2n) is 5.44. The van der Waals surface area contributed by atoms with Gasteiger partial charge in [-0.3, -0.25) is 4.79 Å². The molecular weight excluding hydrogens is 290 g/mol. The Balaban J connectivity index is 1.65. The van der Waals surface area contributed by atoms with Crippen LogP contribution in [0.15, 0.2) is 53.5 Å². The zero-order valence-corrected chi connectivity index (χ0v) is 12.4. The molecule has 0 spiro atoms. The lowest BCUT2D eigenvalue weighted by molar-refractivity contribution is -0.118. The maximum Gasteiger partial charge on any atom is 0.229 e. The van der Waals surface area contributed by atoms with Gasteiger partial charge in [0.1, 0.15) is 18.2 Å². The number of carbonyl (C=O) groups excluding carboxylic acids is 1. The number of amides is 1. The van der Waals surface area contributed by atoms with Crippen molar-refractivity contribution in [1.29, 1.82) is 0 Å². The Morgan fingerprint density at radius 3 is 2.87 bits per heavy atom. The van der Waals surface area contributed by atoms with Gasteiger partial charge in [0.2, 0.25) is 5.91 Å². The molecule has 2 N–H and O–H groups in total. The number of carbonyl (C=O) groups is 1. The molecule has 4 rings (SSSR count). The van der Waals surface area contributed by atoms with Crippen molar-refractivity contribution in [2.24, 2.45) is 4.99 Å². The van der Waals surface area contributed by atoms with Crippen LogP contribution in [0.25, 0.3) is 10.9 Å². The molecule has 0 bridgehead atoms. The Kier molecular flexibility index (Phi) is 3.31. The standard InChI is InChI=1S/C18H15N3O2/c22-17-9-15-14-8-13(23-10-12-4-2-1-3-5-12)6-7-16(14)21-18(15)20-11-19-17/h1-8,11,21H,9-10H2,(H,19,20,22). The Hall–Kier alpha value is -3.08. The van der Waals surface area contributed by atoms with Crippen molar-refractivity contribution < 1.29 is 9.53 Å². The fraction of sp³-hybridized carbons (Fsp3) is 0.111. The number of hydrogen-bond acceptors (Lipinski definition) is 3. The van der Waals surface area contributed by atoms with E-state index in [1.807, 2.05) is 48.5 Å². The van der Waals surface area contributed by atoms with Crippen molar-refractivity contribution in [2.75, 3.05) is 0 Å². The summed E-state index contributed by atoms with van der Waals surface area (Å²) in [7, 11) is 0. The number of hydrogen-bond donors (Lipinski definition) is 2. The molecule has 2 heterocycles. The Bertz CT molecular complexity index is 897. The number of H-pyrrole nitrogens is 1. The molecule has 5 heteroatoms. The number of aliphatic imine (C=N–C) groups is 1. The third kappa shape index (κ3) is 2.68. The normalized spacial score (nSPS) is 13.5. The lowest BCUT2D eigenvalue weighted by Crippen LogP contribution is -2.21. The lowest BCUT2D eigenvalue weighted by atomic mass is 10.1. The van der Waals surface area contributed by atoms with Gasteiger partial charge in [0, 0.05) is 16.5 Å². The summed E-state index contributed by atoms with van der Waals surface area (Å²) in [6, 6.07) is 15.9. The van der Waals surface area contributed by atoms with Gasteiger partial charge in [-0.2, -0.15) is 0 Å². The van der Waals surface area contributed by atoms with Crippen molar-refractivity contribution in [1.82, 2.24) is 10.3 Å². The predicted octanol–water partition coefficient (Wildman–Crippen LogP) is 3.08. The minimum atomic E-state index is -0.0657. The van der Waals surface area contributed by atoms with E-state index < -0.39 is 0 Å². The Morgan fingerprint density at radius 1 is 1.13 bits per heavy atom. The van der Waals surface area contributed by atoms with Gasteiger partial charge in [0.25, 0.3) is 0 Å². The summed E-state index contributed by atoms with van der Waals surface area (Å²) in [6.07, 6.45) is 1.73. The number of aromatic nitrogens is 1. The van der Waals surface area contributed by atoms with Gasteiger partial charge in [-0.25, -0.2) is 4.99 Å². The zero-order chi connectivity index (χ0) is 15.6. The van der Waals surface area contributed by atoms with Gasteiger partial charge in [-0.05, 0) is 23.8 Å². The van der Waals surface area contributed by atoms with Gasteiger partial charge < -0.3 is 15.0 Å². The van der Waals surface area contributed by atoms with E-state index in [1.54, 1.807) is 0 Å². The molecule has 0 atom stereocenters. The van der Waals surface area contributed by atoms with Crippen LogP contribution in [0, 0.1) is 0 Å². The van der Waals surface area contributed by atoms with Crippen LogP contribution >= 0.6 is 0 Å². The number of fused-ring (bicyclic) bond motifs is 3. The molecule has 0 aliphatic carbocycles. The third-order valence-electron chi connectivity index (χ3n) is 3.86. The van der Waals surface area contributed by atoms with Crippen LogP contribution in [0.3, 0.4) is 0 Å². The molecule has 5 nitrogen and oxygen atoms in total. The van der Waals surface area contributed by atoms with Crippen LogP contribution in [0.1, 0.15) is 11.1 Å². The molecule has 0 saturated heterocycles. The largest absolute Gasteiger partial charge is 0.489 e. The van der Waals surface area contributed by atoms with E-state index in [9.17, 15) is 4.79 Å². The van der Waals surface area contributed by atoms with Crippen LogP contribution in [-0.4, -0.2) is 17.2 Å². The summed E-state index contributed by atoms with van der Waals surface area (Å²) < 4.78 is 5.87. The van der Waals surface area contributed by atoms with Crippen LogP contribution in [-0.2, 0) is 17.8 Å². The van der Waals surface area contributed by atoms with E-state index >= 15 is 0 Å². The van der Waals surface area contributed by atoms with E-state index in [1.165, 1.54) is 6.34 Å². The summed E-state index contributed by atoms with van der Waals surface area (Å²) in [5, 5.41) is 3.59. The number of ether oxygens (including phenoxy) is 1. The highest BCUT2D eigenvalue weighted by atomic mass is 16.5. The van der Waals surface area contributed by atoms with Crippen molar-refractivity contribution in [2.45, 2.75) is 13.0 Å².